The maximum atomic E-state index is 12.5. The Hall–Kier alpha value is -2.63. The Labute approximate surface area is 133 Å². The van der Waals surface area contributed by atoms with Crippen molar-refractivity contribution in [1.29, 1.82) is 0 Å². The van der Waals surface area contributed by atoms with Gasteiger partial charge < -0.3 is 15.7 Å². The number of benzene rings is 1. The Balaban J connectivity index is 1.70. The van der Waals surface area contributed by atoms with Crippen molar-refractivity contribution in [3.05, 3.63) is 36.4 Å². The molecular formula is C17H18N2O4. The lowest BCUT2D eigenvalue weighted by molar-refractivity contribution is -0.146. The van der Waals surface area contributed by atoms with Gasteiger partial charge in [-0.05, 0) is 42.5 Å². The van der Waals surface area contributed by atoms with Crippen molar-refractivity contribution in [3.8, 4) is 0 Å². The van der Waals surface area contributed by atoms with Crippen LogP contribution in [0.3, 0.4) is 0 Å². The van der Waals surface area contributed by atoms with Crippen molar-refractivity contribution in [2.45, 2.75) is 13.3 Å². The molecule has 120 valence electrons. The molecule has 6 nitrogen and oxygen atoms in total. The molecule has 1 fully saturated rings. The van der Waals surface area contributed by atoms with E-state index in [9.17, 15) is 19.5 Å². The second-order valence-electron chi connectivity index (χ2n) is 6.09. The van der Waals surface area contributed by atoms with Gasteiger partial charge in [-0.25, -0.2) is 0 Å². The average Bonchev–Trinajstić information content (AvgIpc) is 3.09. The molecule has 0 saturated heterocycles. The SMILES string of the molecule is CC(=O)Nc1ccc(NC(=O)[C@@H]2[C@@H](C(=O)O)[C@H]3C=C[C@@H]2C3)cc1. The first-order valence-corrected chi connectivity index (χ1v) is 7.55. The van der Waals surface area contributed by atoms with Gasteiger partial charge in [-0.15, -0.1) is 0 Å². The second kappa shape index (κ2) is 5.87. The molecule has 0 aliphatic heterocycles. The van der Waals surface area contributed by atoms with Crippen LogP contribution in [0.4, 0.5) is 11.4 Å². The molecule has 3 rings (SSSR count). The zero-order valence-electron chi connectivity index (χ0n) is 12.7. The summed E-state index contributed by atoms with van der Waals surface area (Å²) in [6, 6.07) is 6.74. The number of anilines is 2. The molecule has 1 aromatic carbocycles. The Kier molecular flexibility index (Phi) is 3.90. The normalized spacial score (nSPS) is 27.7. The minimum absolute atomic E-state index is 0.000229. The lowest BCUT2D eigenvalue weighted by atomic mass is 9.82. The lowest BCUT2D eigenvalue weighted by Gasteiger charge is -2.23. The van der Waals surface area contributed by atoms with Gasteiger partial charge in [0.2, 0.25) is 11.8 Å². The lowest BCUT2D eigenvalue weighted by Crippen LogP contribution is -2.36. The molecule has 1 aromatic rings. The fourth-order valence-corrected chi connectivity index (χ4v) is 3.58. The smallest absolute Gasteiger partial charge is 0.307 e. The third kappa shape index (κ3) is 2.97. The summed E-state index contributed by atoms with van der Waals surface area (Å²) in [5, 5.41) is 14.8. The number of hydrogen-bond acceptors (Lipinski definition) is 3. The van der Waals surface area contributed by atoms with Gasteiger partial charge in [0.25, 0.3) is 0 Å². The van der Waals surface area contributed by atoms with E-state index >= 15 is 0 Å². The minimum Gasteiger partial charge on any atom is -0.481 e. The van der Waals surface area contributed by atoms with Crippen LogP contribution in [-0.4, -0.2) is 22.9 Å². The van der Waals surface area contributed by atoms with Gasteiger partial charge in [0.05, 0.1) is 11.8 Å². The molecule has 0 heterocycles. The number of rotatable bonds is 4. The second-order valence-corrected chi connectivity index (χ2v) is 6.09. The predicted molar refractivity (Wildman–Crippen MR) is 84.7 cm³/mol. The number of nitrogens with one attached hydrogen (secondary N) is 2. The molecule has 2 bridgehead atoms. The fraction of sp³-hybridized carbons (Fsp3) is 0.353. The fourth-order valence-electron chi connectivity index (χ4n) is 3.58. The molecule has 1 saturated carbocycles. The summed E-state index contributed by atoms with van der Waals surface area (Å²) in [5.41, 5.74) is 1.22. The molecule has 4 atom stereocenters. The van der Waals surface area contributed by atoms with Gasteiger partial charge in [-0.1, -0.05) is 12.2 Å². The highest BCUT2D eigenvalue weighted by Crippen LogP contribution is 2.48. The number of amides is 2. The largest absolute Gasteiger partial charge is 0.481 e. The van der Waals surface area contributed by atoms with Crippen molar-refractivity contribution < 1.29 is 19.5 Å². The number of fused-ring (bicyclic) bond motifs is 2. The van der Waals surface area contributed by atoms with Crippen LogP contribution in [0.15, 0.2) is 36.4 Å². The quantitative estimate of drug-likeness (QED) is 0.742. The van der Waals surface area contributed by atoms with E-state index in [1.54, 1.807) is 24.3 Å². The number of carboxylic acids is 1. The highest BCUT2D eigenvalue weighted by atomic mass is 16.4. The Morgan fingerprint density at radius 1 is 0.957 bits per heavy atom. The third-order valence-electron chi connectivity index (χ3n) is 4.52. The molecule has 2 aliphatic rings. The van der Waals surface area contributed by atoms with Crippen molar-refractivity contribution >= 4 is 29.2 Å². The summed E-state index contributed by atoms with van der Waals surface area (Å²) in [6.45, 7) is 1.42. The highest BCUT2D eigenvalue weighted by Gasteiger charge is 2.51. The molecule has 23 heavy (non-hydrogen) atoms. The van der Waals surface area contributed by atoms with E-state index in [1.807, 2.05) is 12.2 Å². The van der Waals surface area contributed by atoms with E-state index in [-0.39, 0.29) is 23.7 Å². The van der Waals surface area contributed by atoms with Gasteiger partial charge in [-0.2, -0.15) is 0 Å². The first-order chi connectivity index (χ1) is 11.0. The van der Waals surface area contributed by atoms with Crippen LogP contribution < -0.4 is 10.6 Å². The van der Waals surface area contributed by atoms with E-state index < -0.39 is 17.8 Å². The molecular weight excluding hydrogens is 296 g/mol. The first-order valence-electron chi connectivity index (χ1n) is 7.55. The number of allylic oxidation sites excluding steroid dienone is 2. The molecule has 0 aromatic heterocycles. The van der Waals surface area contributed by atoms with Crippen molar-refractivity contribution in [2.24, 2.45) is 23.7 Å². The highest BCUT2D eigenvalue weighted by molar-refractivity contribution is 5.96. The van der Waals surface area contributed by atoms with Crippen LogP contribution in [0.2, 0.25) is 0 Å². The van der Waals surface area contributed by atoms with Crippen LogP contribution in [0.5, 0.6) is 0 Å². The summed E-state index contributed by atoms with van der Waals surface area (Å²) >= 11 is 0. The van der Waals surface area contributed by atoms with E-state index in [0.717, 1.165) is 6.42 Å². The van der Waals surface area contributed by atoms with E-state index in [0.29, 0.717) is 11.4 Å². The van der Waals surface area contributed by atoms with Crippen LogP contribution in [0, 0.1) is 23.7 Å². The average molecular weight is 314 g/mol. The van der Waals surface area contributed by atoms with E-state index in [4.69, 9.17) is 0 Å². The minimum atomic E-state index is -0.914. The van der Waals surface area contributed by atoms with Gasteiger partial charge in [0, 0.05) is 18.3 Å². The molecule has 3 N–H and O–H groups in total. The third-order valence-corrected chi connectivity index (χ3v) is 4.52. The Bertz CT molecular complexity index is 680. The molecule has 0 radical (unpaired) electrons. The van der Waals surface area contributed by atoms with Gasteiger partial charge >= 0.3 is 5.97 Å². The van der Waals surface area contributed by atoms with Crippen molar-refractivity contribution in [3.63, 3.8) is 0 Å². The van der Waals surface area contributed by atoms with E-state index in [1.165, 1.54) is 6.92 Å². The van der Waals surface area contributed by atoms with Gasteiger partial charge in [-0.3, -0.25) is 14.4 Å². The summed E-state index contributed by atoms with van der Waals surface area (Å²) < 4.78 is 0. The molecule has 2 amide bonds. The molecule has 6 heteroatoms. The monoisotopic (exact) mass is 314 g/mol. The number of hydrogen-bond donors (Lipinski definition) is 3. The summed E-state index contributed by atoms with van der Waals surface area (Å²) in [7, 11) is 0. The maximum absolute atomic E-state index is 12.5. The van der Waals surface area contributed by atoms with Crippen LogP contribution >= 0.6 is 0 Å². The topological polar surface area (TPSA) is 95.5 Å². The molecule has 0 spiro atoms. The Morgan fingerprint density at radius 3 is 2.00 bits per heavy atom. The van der Waals surface area contributed by atoms with Crippen LogP contribution in [0.25, 0.3) is 0 Å². The Morgan fingerprint density at radius 2 is 1.48 bits per heavy atom. The van der Waals surface area contributed by atoms with Gasteiger partial charge in [0.15, 0.2) is 0 Å². The maximum Gasteiger partial charge on any atom is 0.307 e. The summed E-state index contributed by atoms with van der Waals surface area (Å²) in [6.07, 6.45) is 4.60. The standard InChI is InChI=1S/C17H18N2O4/c1-9(20)18-12-4-6-13(7-5-12)19-16(21)14-10-2-3-11(8-10)15(14)17(22)23/h2-7,10-11,14-15H,8H2,1H3,(H,18,20)(H,19,21)(H,22,23)/t10-,11+,14+,15+/m1/s1. The first kappa shape index (κ1) is 15.3. The molecule has 2 aliphatic carbocycles. The van der Waals surface area contributed by atoms with Crippen molar-refractivity contribution in [1.82, 2.24) is 0 Å². The van der Waals surface area contributed by atoms with Gasteiger partial charge in [0.1, 0.15) is 0 Å². The number of carbonyl (C=O) groups excluding carboxylic acids is 2. The zero-order chi connectivity index (χ0) is 16.6. The van der Waals surface area contributed by atoms with Crippen molar-refractivity contribution in [2.75, 3.05) is 10.6 Å². The van der Waals surface area contributed by atoms with E-state index in [2.05, 4.69) is 10.6 Å². The predicted octanol–water partition coefficient (Wildman–Crippen LogP) is 2.11. The molecule has 0 unspecified atom stereocenters. The number of carboxylic acid groups (broad SMARTS) is 1. The number of carbonyl (C=O) groups is 3. The van der Waals surface area contributed by atoms with Crippen LogP contribution in [0.1, 0.15) is 13.3 Å². The summed E-state index contributed by atoms with van der Waals surface area (Å²) in [4.78, 5) is 34.9. The zero-order valence-corrected chi connectivity index (χ0v) is 12.7. The number of aliphatic carboxylic acids is 1. The van der Waals surface area contributed by atoms with Crippen LogP contribution in [-0.2, 0) is 14.4 Å². The summed E-state index contributed by atoms with van der Waals surface area (Å²) in [5.74, 6) is -2.57.